The summed E-state index contributed by atoms with van der Waals surface area (Å²) in [6.45, 7) is 11.5. The number of piperazine rings is 1. The van der Waals surface area contributed by atoms with Gasteiger partial charge in [0.05, 0.1) is 35.9 Å². The van der Waals surface area contributed by atoms with Crippen molar-refractivity contribution in [1.82, 2.24) is 19.8 Å². The number of likely N-dealkylation sites (tertiary alicyclic amines) is 1. The molecular formula is C33H44BrF2N5O6. The molecule has 2 bridgehead atoms. The largest absolute Gasteiger partial charge is 0.464 e. The van der Waals surface area contributed by atoms with Crippen LogP contribution in [0.25, 0.3) is 10.9 Å². The number of benzene rings is 1. The van der Waals surface area contributed by atoms with Crippen molar-refractivity contribution in [3.05, 3.63) is 22.2 Å². The van der Waals surface area contributed by atoms with Crippen LogP contribution in [-0.2, 0) is 19.0 Å². The highest BCUT2D eigenvalue weighted by Gasteiger charge is 2.47. The van der Waals surface area contributed by atoms with Crippen molar-refractivity contribution in [2.45, 2.75) is 90.0 Å². The van der Waals surface area contributed by atoms with E-state index >= 15 is 4.39 Å². The second-order valence-corrected chi connectivity index (χ2v) is 15.1. The minimum atomic E-state index is -0.807. The van der Waals surface area contributed by atoms with Crippen LogP contribution < -0.4 is 9.64 Å². The molecule has 0 spiro atoms. The van der Waals surface area contributed by atoms with Gasteiger partial charge in [-0.1, -0.05) is 0 Å². The molecule has 3 saturated heterocycles. The fraction of sp³-hybridized carbons (Fsp3) is 0.697. The van der Waals surface area contributed by atoms with E-state index in [1.807, 2.05) is 30.6 Å². The zero-order chi connectivity index (χ0) is 33.5. The fourth-order valence-electron chi connectivity index (χ4n) is 6.97. The highest BCUT2D eigenvalue weighted by atomic mass is 79.9. The number of anilines is 1. The first-order valence-corrected chi connectivity index (χ1v) is 17.4. The molecule has 4 fully saturated rings. The van der Waals surface area contributed by atoms with Crippen molar-refractivity contribution in [2.24, 2.45) is 5.41 Å². The summed E-state index contributed by atoms with van der Waals surface area (Å²) in [6.07, 6.45) is 4.96. The van der Waals surface area contributed by atoms with Gasteiger partial charge in [0.2, 0.25) is 0 Å². The summed E-state index contributed by atoms with van der Waals surface area (Å²) in [4.78, 5) is 40.0. The molecule has 1 aliphatic carbocycles. The van der Waals surface area contributed by atoms with Crippen LogP contribution in [0.15, 0.2) is 10.5 Å². The molecule has 1 amide bonds. The Hall–Kier alpha value is -2.84. The minimum Gasteiger partial charge on any atom is -0.464 e. The van der Waals surface area contributed by atoms with E-state index in [4.69, 9.17) is 23.9 Å². The van der Waals surface area contributed by atoms with Crippen molar-refractivity contribution in [3.63, 3.8) is 0 Å². The Morgan fingerprint density at radius 3 is 2.36 bits per heavy atom. The van der Waals surface area contributed by atoms with Crippen LogP contribution in [0.4, 0.5) is 19.4 Å². The number of carbonyl (C=O) groups is 2. The zero-order valence-electron chi connectivity index (χ0n) is 27.5. The van der Waals surface area contributed by atoms with Crippen LogP contribution in [-0.4, -0.2) is 108 Å². The van der Waals surface area contributed by atoms with Gasteiger partial charge in [-0.25, -0.2) is 18.4 Å². The lowest BCUT2D eigenvalue weighted by Gasteiger charge is -2.42. The predicted molar refractivity (Wildman–Crippen MR) is 173 cm³/mol. The maximum atomic E-state index is 15.5. The van der Waals surface area contributed by atoms with Gasteiger partial charge in [0, 0.05) is 43.5 Å². The standard InChI is InChI=1S/C33H44BrF2N5O6/c1-5-44-25(42)17-45-22-8-12-39(13-9-22)18-33(10-11-33)19-46-30-37-28-23(14-24(35)26(34)27(28)36)29(38-30)40-15-20-6-7-21(16-40)41(20)31(43)47-32(2,3)4/h14,20-22H,5-13,15-19H2,1-4H3. The van der Waals surface area contributed by atoms with Crippen LogP contribution in [0, 0.1) is 17.0 Å². The third-order valence-electron chi connectivity index (χ3n) is 9.47. The summed E-state index contributed by atoms with van der Waals surface area (Å²) in [5, 5.41) is 0.259. The number of esters is 1. The molecule has 1 saturated carbocycles. The molecule has 4 aliphatic rings. The van der Waals surface area contributed by atoms with Gasteiger partial charge in [0.15, 0.2) is 5.82 Å². The van der Waals surface area contributed by atoms with E-state index in [9.17, 15) is 14.0 Å². The summed E-state index contributed by atoms with van der Waals surface area (Å²) >= 11 is 3.03. The number of carbonyl (C=O) groups excluding carboxylic acids is 2. The maximum Gasteiger partial charge on any atom is 0.410 e. The van der Waals surface area contributed by atoms with Crippen molar-refractivity contribution < 1.29 is 37.3 Å². The summed E-state index contributed by atoms with van der Waals surface area (Å²) in [5.41, 5.74) is -0.688. The molecule has 1 aromatic carbocycles. The van der Waals surface area contributed by atoms with E-state index in [1.165, 1.54) is 6.07 Å². The Morgan fingerprint density at radius 2 is 1.74 bits per heavy atom. The number of piperidine rings is 1. The maximum absolute atomic E-state index is 15.5. The number of ether oxygens (including phenoxy) is 4. The second kappa shape index (κ2) is 13.6. The molecule has 3 aliphatic heterocycles. The molecule has 2 atom stereocenters. The Morgan fingerprint density at radius 1 is 1.06 bits per heavy atom. The van der Waals surface area contributed by atoms with E-state index in [0.29, 0.717) is 32.1 Å². The molecule has 1 aromatic heterocycles. The predicted octanol–water partition coefficient (Wildman–Crippen LogP) is 5.46. The van der Waals surface area contributed by atoms with Crippen LogP contribution in [0.1, 0.15) is 66.2 Å². The molecule has 6 rings (SSSR count). The minimum absolute atomic E-state index is 0.0186. The van der Waals surface area contributed by atoms with Crippen molar-refractivity contribution in [3.8, 4) is 6.01 Å². The van der Waals surface area contributed by atoms with E-state index in [2.05, 4.69) is 25.8 Å². The van der Waals surface area contributed by atoms with E-state index < -0.39 is 17.2 Å². The molecule has 2 unspecified atom stereocenters. The molecule has 14 heteroatoms. The topological polar surface area (TPSA) is 107 Å². The van der Waals surface area contributed by atoms with Gasteiger partial charge < -0.3 is 28.7 Å². The number of aromatic nitrogens is 2. The van der Waals surface area contributed by atoms with Crippen LogP contribution in [0.5, 0.6) is 6.01 Å². The average Bonchev–Trinajstić information content (AvgIpc) is 3.73. The van der Waals surface area contributed by atoms with Crippen molar-refractivity contribution in [2.75, 3.05) is 57.4 Å². The lowest BCUT2D eigenvalue weighted by Crippen LogP contribution is -2.57. The number of fused-ring (bicyclic) bond motifs is 3. The average molecular weight is 725 g/mol. The van der Waals surface area contributed by atoms with Crippen LogP contribution in [0.3, 0.4) is 0 Å². The summed E-state index contributed by atoms with van der Waals surface area (Å²) in [5.74, 6) is -1.49. The fourth-order valence-corrected chi connectivity index (χ4v) is 7.27. The SMILES string of the molecule is CCOC(=O)COC1CCN(CC2(COc3nc(N4CC5CCC(C4)N5C(=O)OC(C)(C)C)c4cc(F)c(Br)c(F)c4n3)CC2)CC1. The smallest absolute Gasteiger partial charge is 0.410 e. The van der Waals surface area contributed by atoms with Gasteiger partial charge >= 0.3 is 18.1 Å². The van der Waals surface area contributed by atoms with Gasteiger partial charge in [-0.3, -0.25) is 4.90 Å². The first kappa shape index (κ1) is 34.0. The van der Waals surface area contributed by atoms with Gasteiger partial charge in [-0.05, 0) is 88.2 Å². The number of rotatable bonds is 10. The lowest BCUT2D eigenvalue weighted by atomic mass is 10.0. The number of nitrogens with zero attached hydrogens (tertiary/aromatic N) is 5. The summed E-state index contributed by atoms with van der Waals surface area (Å²) < 4.78 is 52.6. The number of hydrogen-bond acceptors (Lipinski definition) is 10. The van der Waals surface area contributed by atoms with E-state index in [1.54, 1.807) is 6.92 Å². The molecule has 47 heavy (non-hydrogen) atoms. The first-order valence-electron chi connectivity index (χ1n) is 16.6. The molecule has 2 aromatic rings. The highest BCUT2D eigenvalue weighted by molar-refractivity contribution is 9.10. The van der Waals surface area contributed by atoms with Gasteiger partial charge in [-0.2, -0.15) is 9.97 Å². The third-order valence-corrected chi connectivity index (χ3v) is 10.2. The molecular weight excluding hydrogens is 680 g/mol. The normalized spacial score (nSPS) is 22.9. The molecule has 11 nitrogen and oxygen atoms in total. The quantitative estimate of drug-likeness (QED) is 0.232. The van der Waals surface area contributed by atoms with E-state index in [0.717, 1.165) is 58.2 Å². The molecule has 0 radical (unpaired) electrons. The molecule has 258 valence electrons. The molecule has 0 N–H and O–H groups in total. The zero-order valence-corrected chi connectivity index (χ0v) is 29.1. The lowest BCUT2D eigenvalue weighted by molar-refractivity contribution is -0.151. The second-order valence-electron chi connectivity index (χ2n) is 14.3. The number of halogens is 3. The van der Waals surface area contributed by atoms with Crippen LogP contribution >= 0.6 is 15.9 Å². The highest BCUT2D eigenvalue weighted by Crippen LogP contribution is 2.47. The third kappa shape index (κ3) is 7.75. The Bertz CT molecular complexity index is 1480. The van der Waals surface area contributed by atoms with Gasteiger partial charge in [0.25, 0.3) is 0 Å². The first-order chi connectivity index (χ1) is 22.3. The van der Waals surface area contributed by atoms with Gasteiger partial charge in [-0.15, -0.1) is 0 Å². The number of amides is 1. The van der Waals surface area contributed by atoms with E-state index in [-0.39, 0.29) is 63.7 Å². The Kier molecular flexibility index (Phi) is 9.84. The number of hydrogen-bond donors (Lipinski definition) is 0. The Labute approximate surface area is 282 Å². The van der Waals surface area contributed by atoms with Gasteiger partial charge in [0.1, 0.15) is 29.4 Å². The molecule has 4 heterocycles. The van der Waals surface area contributed by atoms with Crippen molar-refractivity contribution in [1.29, 1.82) is 0 Å². The van der Waals surface area contributed by atoms with Crippen molar-refractivity contribution >= 4 is 44.7 Å². The summed E-state index contributed by atoms with van der Waals surface area (Å²) in [6, 6.07) is 1.07. The monoisotopic (exact) mass is 723 g/mol. The summed E-state index contributed by atoms with van der Waals surface area (Å²) in [7, 11) is 0. The Balaban J connectivity index is 1.14. The van der Waals surface area contributed by atoms with Crippen LogP contribution in [0.2, 0.25) is 0 Å².